The minimum atomic E-state index is 0.458. The quantitative estimate of drug-likeness (QED) is 0.831. The number of ether oxygens (including phenoxy) is 1. The standard InChI is InChI=1S/C17H30N4O/c1-14-10-16(3)21(19-14)11-15(2)18-12-17(4-5-17)13-20-6-8-22-9-7-20/h10,15,18H,4-9,11-13H2,1-3H3. The van der Waals surface area contributed by atoms with Crippen LogP contribution in [0.4, 0.5) is 0 Å². The highest BCUT2D eigenvalue weighted by atomic mass is 16.5. The molecule has 1 aromatic heterocycles. The van der Waals surface area contributed by atoms with E-state index in [1.165, 1.54) is 25.1 Å². The Bertz CT molecular complexity index is 489. The zero-order valence-corrected chi connectivity index (χ0v) is 14.3. The second-order valence-electron chi connectivity index (χ2n) is 7.28. The Kier molecular flexibility index (Phi) is 4.85. The fraction of sp³-hybridized carbons (Fsp3) is 0.824. The van der Waals surface area contributed by atoms with Crippen LogP contribution in [0, 0.1) is 19.3 Å². The summed E-state index contributed by atoms with van der Waals surface area (Å²) in [6, 6.07) is 2.60. The van der Waals surface area contributed by atoms with Crippen LogP contribution >= 0.6 is 0 Å². The molecule has 22 heavy (non-hydrogen) atoms. The van der Waals surface area contributed by atoms with Crippen LogP contribution in [0.2, 0.25) is 0 Å². The van der Waals surface area contributed by atoms with Crippen LogP contribution in [0.1, 0.15) is 31.2 Å². The minimum absolute atomic E-state index is 0.458. The fourth-order valence-corrected chi connectivity index (χ4v) is 3.38. The van der Waals surface area contributed by atoms with Gasteiger partial charge in [-0.2, -0.15) is 5.10 Å². The molecule has 0 aromatic carbocycles. The SMILES string of the molecule is Cc1cc(C)n(CC(C)NCC2(CN3CCOCC3)CC2)n1. The van der Waals surface area contributed by atoms with E-state index in [0.717, 1.165) is 45.1 Å². The number of hydrogen-bond acceptors (Lipinski definition) is 4. The molecular formula is C17H30N4O. The molecule has 0 spiro atoms. The van der Waals surface area contributed by atoms with Gasteiger partial charge in [0.25, 0.3) is 0 Å². The molecule has 1 saturated heterocycles. The number of rotatable bonds is 7. The van der Waals surface area contributed by atoms with E-state index in [9.17, 15) is 0 Å². The lowest BCUT2D eigenvalue weighted by Gasteiger charge is -2.31. The van der Waals surface area contributed by atoms with Crippen LogP contribution in [0.25, 0.3) is 0 Å². The van der Waals surface area contributed by atoms with Crippen molar-refractivity contribution in [3.63, 3.8) is 0 Å². The van der Waals surface area contributed by atoms with E-state index in [1.54, 1.807) is 0 Å². The molecule has 1 N–H and O–H groups in total. The van der Waals surface area contributed by atoms with Gasteiger partial charge in [0.05, 0.1) is 25.5 Å². The number of morpholine rings is 1. The molecule has 1 aromatic rings. The van der Waals surface area contributed by atoms with Gasteiger partial charge in [0, 0.05) is 37.9 Å². The molecule has 1 atom stereocenters. The van der Waals surface area contributed by atoms with Gasteiger partial charge in [-0.3, -0.25) is 9.58 Å². The lowest BCUT2D eigenvalue weighted by molar-refractivity contribution is 0.0281. The Morgan fingerprint density at radius 1 is 1.32 bits per heavy atom. The highest BCUT2D eigenvalue weighted by Crippen LogP contribution is 2.45. The monoisotopic (exact) mass is 306 g/mol. The molecule has 5 heteroatoms. The van der Waals surface area contributed by atoms with E-state index < -0.39 is 0 Å². The van der Waals surface area contributed by atoms with E-state index in [1.807, 2.05) is 0 Å². The van der Waals surface area contributed by atoms with Crippen LogP contribution in [0.15, 0.2) is 6.07 Å². The predicted molar refractivity (Wildman–Crippen MR) is 88.1 cm³/mol. The largest absolute Gasteiger partial charge is 0.379 e. The van der Waals surface area contributed by atoms with Gasteiger partial charge in [-0.05, 0) is 45.1 Å². The third-order valence-electron chi connectivity index (χ3n) is 5.00. The molecule has 124 valence electrons. The molecule has 3 rings (SSSR count). The third kappa shape index (κ3) is 4.09. The van der Waals surface area contributed by atoms with Crippen molar-refractivity contribution in [2.75, 3.05) is 39.4 Å². The summed E-state index contributed by atoms with van der Waals surface area (Å²) in [5.74, 6) is 0. The first kappa shape index (κ1) is 16.0. The lowest BCUT2D eigenvalue weighted by Crippen LogP contribution is -2.44. The molecule has 2 fully saturated rings. The third-order valence-corrected chi connectivity index (χ3v) is 5.00. The van der Waals surface area contributed by atoms with Crippen molar-refractivity contribution in [2.45, 2.75) is 46.2 Å². The summed E-state index contributed by atoms with van der Waals surface area (Å²) in [6.07, 6.45) is 2.73. The highest BCUT2D eigenvalue weighted by Gasteiger charge is 2.43. The highest BCUT2D eigenvalue weighted by molar-refractivity contribution is 5.06. The van der Waals surface area contributed by atoms with Crippen molar-refractivity contribution in [1.82, 2.24) is 20.0 Å². The van der Waals surface area contributed by atoms with Crippen molar-refractivity contribution in [1.29, 1.82) is 0 Å². The van der Waals surface area contributed by atoms with E-state index >= 15 is 0 Å². The van der Waals surface area contributed by atoms with Gasteiger partial charge in [-0.25, -0.2) is 0 Å². The maximum atomic E-state index is 5.45. The summed E-state index contributed by atoms with van der Waals surface area (Å²) in [5.41, 5.74) is 2.87. The molecule has 1 aliphatic carbocycles. The molecule has 1 aliphatic heterocycles. The zero-order chi connectivity index (χ0) is 15.6. The first-order valence-electron chi connectivity index (χ1n) is 8.61. The minimum Gasteiger partial charge on any atom is -0.379 e. The molecule has 1 saturated carbocycles. The first-order valence-corrected chi connectivity index (χ1v) is 8.61. The second kappa shape index (κ2) is 6.69. The normalized spacial score (nSPS) is 22.7. The smallest absolute Gasteiger partial charge is 0.0596 e. The van der Waals surface area contributed by atoms with Crippen LogP contribution in [0.5, 0.6) is 0 Å². The van der Waals surface area contributed by atoms with Crippen molar-refractivity contribution in [2.24, 2.45) is 5.41 Å². The molecule has 5 nitrogen and oxygen atoms in total. The maximum absolute atomic E-state index is 5.45. The number of nitrogens with one attached hydrogen (secondary N) is 1. The average Bonchev–Trinajstić information content (AvgIpc) is 3.18. The Balaban J connectivity index is 1.44. The van der Waals surface area contributed by atoms with Gasteiger partial charge in [0.15, 0.2) is 0 Å². The maximum Gasteiger partial charge on any atom is 0.0596 e. The van der Waals surface area contributed by atoms with Gasteiger partial charge >= 0.3 is 0 Å². The van der Waals surface area contributed by atoms with Crippen LogP contribution in [-0.4, -0.2) is 60.1 Å². The summed E-state index contributed by atoms with van der Waals surface area (Å²) >= 11 is 0. The van der Waals surface area contributed by atoms with Crippen molar-refractivity contribution < 1.29 is 4.74 Å². The van der Waals surface area contributed by atoms with Gasteiger partial charge in [-0.1, -0.05) is 0 Å². The fourth-order valence-electron chi connectivity index (χ4n) is 3.38. The van der Waals surface area contributed by atoms with Crippen molar-refractivity contribution >= 4 is 0 Å². The molecule has 1 unspecified atom stereocenters. The number of hydrogen-bond donors (Lipinski definition) is 1. The Labute approximate surface area is 134 Å². The summed E-state index contributed by atoms with van der Waals surface area (Å²) in [6.45, 7) is 13.8. The summed E-state index contributed by atoms with van der Waals surface area (Å²) < 4.78 is 7.56. The lowest BCUT2D eigenvalue weighted by atomic mass is 10.1. The van der Waals surface area contributed by atoms with E-state index in [2.05, 4.69) is 46.8 Å². The van der Waals surface area contributed by atoms with E-state index in [0.29, 0.717) is 11.5 Å². The molecular weight excluding hydrogens is 276 g/mol. The average molecular weight is 306 g/mol. The Morgan fingerprint density at radius 2 is 2.05 bits per heavy atom. The van der Waals surface area contributed by atoms with Gasteiger partial charge in [0.1, 0.15) is 0 Å². The van der Waals surface area contributed by atoms with Gasteiger partial charge in [-0.15, -0.1) is 0 Å². The van der Waals surface area contributed by atoms with Gasteiger partial charge in [0.2, 0.25) is 0 Å². The van der Waals surface area contributed by atoms with E-state index in [4.69, 9.17) is 4.74 Å². The molecule has 0 amide bonds. The Hall–Kier alpha value is -0.910. The van der Waals surface area contributed by atoms with Crippen molar-refractivity contribution in [3.8, 4) is 0 Å². The topological polar surface area (TPSA) is 42.3 Å². The van der Waals surface area contributed by atoms with Crippen LogP contribution in [-0.2, 0) is 11.3 Å². The predicted octanol–water partition coefficient (Wildman–Crippen LogP) is 1.59. The van der Waals surface area contributed by atoms with Gasteiger partial charge < -0.3 is 10.1 Å². The van der Waals surface area contributed by atoms with E-state index in [-0.39, 0.29) is 0 Å². The number of aromatic nitrogens is 2. The van der Waals surface area contributed by atoms with Crippen LogP contribution < -0.4 is 5.32 Å². The van der Waals surface area contributed by atoms with Crippen LogP contribution in [0.3, 0.4) is 0 Å². The molecule has 0 bridgehead atoms. The van der Waals surface area contributed by atoms with Crippen molar-refractivity contribution in [3.05, 3.63) is 17.5 Å². The molecule has 2 heterocycles. The number of aryl methyl sites for hydroxylation is 2. The molecule has 0 radical (unpaired) electrons. The zero-order valence-electron chi connectivity index (χ0n) is 14.3. The first-order chi connectivity index (χ1) is 10.6. The summed E-state index contributed by atoms with van der Waals surface area (Å²) in [7, 11) is 0. The second-order valence-corrected chi connectivity index (χ2v) is 7.28. The number of nitrogens with zero attached hydrogens (tertiary/aromatic N) is 3. The summed E-state index contributed by atoms with van der Waals surface area (Å²) in [4.78, 5) is 2.57. The summed E-state index contributed by atoms with van der Waals surface area (Å²) in [5, 5.41) is 8.30. The Morgan fingerprint density at radius 3 is 2.64 bits per heavy atom. The molecule has 2 aliphatic rings.